The van der Waals surface area contributed by atoms with Gasteiger partial charge in [-0.1, -0.05) is 152 Å². The largest absolute Gasteiger partial charge is 0.498 e. The van der Waals surface area contributed by atoms with Crippen molar-refractivity contribution in [3.8, 4) is 0 Å². The average molecular weight is 750 g/mol. The lowest BCUT2D eigenvalue weighted by Crippen LogP contribution is -2.27. The highest BCUT2D eigenvalue weighted by Crippen LogP contribution is 2.43. The number of nitrogens with two attached hydrogens (primary N) is 1. The van der Waals surface area contributed by atoms with Gasteiger partial charge in [-0.05, 0) is 70.3 Å². The van der Waals surface area contributed by atoms with Crippen molar-refractivity contribution in [2.45, 2.75) is 168 Å². The summed E-state index contributed by atoms with van der Waals surface area (Å²) in [6, 6.07) is 0. The minimum absolute atomic E-state index is 0.0155. The number of carbonyl (C=O) groups excluding carboxylic acids is 1. The predicted octanol–water partition coefficient (Wildman–Crippen LogP) is 12.3. The fourth-order valence-corrected chi connectivity index (χ4v) is 5.99. The van der Waals surface area contributed by atoms with Gasteiger partial charge in [-0.3, -0.25) is 13.8 Å². The molecule has 0 aromatic rings. The van der Waals surface area contributed by atoms with Gasteiger partial charge in [-0.25, -0.2) is 4.57 Å². The Bertz CT molecular complexity index is 1020. The van der Waals surface area contributed by atoms with Gasteiger partial charge in [-0.15, -0.1) is 0 Å². The number of esters is 1. The van der Waals surface area contributed by atoms with Crippen molar-refractivity contribution >= 4 is 13.8 Å². The van der Waals surface area contributed by atoms with E-state index in [4.69, 9.17) is 24.3 Å². The lowest BCUT2D eigenvalue weighted by atomic mass is 10.0. The summed E-state index contributed by atoms with van der Waals surface area (Å²) in [5.41, 5.74) is 5.35. The van der Waals surface area contributed by atoms with Crippen LogP contribution in [0, 0.1) is 0 Å². The number of hydrogen-bond donors (Lipinski definition) is 2. The molecular weight excluding hydrogens is 673 g/mol. The Morgan fingerprint density at radius 1 is 0.615 bits per heavy atom. The Balaban J connectivity index is 4.20. The zero-order chi connectivity index (χ0) is 38.1. The second-order valence-corrected chi connectivity index (χ2v) is 14.6. The summed E-state index contributed by atoms with van der Waals surface area (Å²) in [4.78, 5) is 22.4. The Morgan fingerprint density at radius 2 is 1.10 bits per heavy atom. The van der Waals surface area contributed by atoms with Crippen molar-refractivity contribution in [3.63, 3.8) is 0 Å². The number of phosphoric ester groups is 1. The van der Waals surface area contributed by atoms with Gasteiger partial charge >= 0.3 is 13.8 Å². The van der Waals surface area contributed by atoms with E-state index in [1.165, 1.54) is 70.6 Å². The lowest BCUT2D eigenvalue weighted by Gasteiger charge is -2.19. The van der Waals surface area contributed by atoms with Crippen LogP contribution >= 0.6 is 7.82 Å². The van der Waals surface area contributed by atoms with Crippen LogP contribution in [0.5, 0.6) is 0 Å². The van der Waals surface area contributed by atoms with Crippen LogP contribution in [-0.4, -0.2) is 43.3 Å². The molecule has 300 valence electrons. The maximum atomic E-state index is 12.5. The summed E-state index contributed by atoms with van der Waals surface area (Å²) in [6.07, 6.45) is 50.1. The highest BCUT2D eigenvalue weighted by atomic mass is 31.2. The molecule has 0 aliphatic heterocycles. The first-order valence-corrected chi connectivity index (χ1v) is 22.0. The molecule has 0 aliphatic rings. The highest BCUT2D eigenvalue weighted by molar-refractivity contribution is 7.47. The predicted molar refractivity (Wildman–Crippen MR) is 219 cm³/mol. The molecule has 9 heteroatoms. The molecule has 0 fully saturated rings. The number of ether oxygens (including phenoxy) is 2. The Labute approximate surface area is 318 Å². The first-order chi connectivity index (χ1) is 25.4. The van der Waals surface area contributed by atoms with E-state index in [0.29, 0.717) is 6.42 Å². The summed E-state index contributed by atoms with van der Waals surface area (Å²) in [6.45, 7) is 4.07. The van der Waals surface area contributed by atoms with Gasteiger partial charge in [0.2, 0.25) is 0 Å². The van der Waals surface area contributed by atoms with Gasteiger partial charge in [0.25, 0.3) is 0 Å². The van der Waals surface area contributed by atoms with Gasteiger partial charge in [0, 0.05) is 13.0 Å². The van der Waals surface area contributed by atoms with Crippen LogP contribution in [0.25, 0.3) is 0 Å². The van der Waals surface area contributed by atoms with E-state index in [0.717, 1.165) is 64.2 Å². The first-order valence-electron chi connectivity index (χ1n) is 20.5. The summed E-state index contributed by atoms with van der Waals surface area (Å²) >= 11 is 0. The lowest BCUT2D eigenvalue weighted by molar-refractivity contribution is -0.153. The van der Waals surface area contributed by atoms with Crippen molar-refractivity contribution in [1.29, 1.82) is 0 Å². The number of unbranched alkanes of at least 4 members (excludes halogenated alkanes) is 15. The Morgan fingerprint density at radius 3 is 1.63 bits per heavy atom. The van der Waals surface area contributed by atoms with E-state index in [1.54, 1.807) is 6.26 Å². The number of phosphoric acid groups is 1. The summed E-state index contributed by atoms with van der Waals surface area (Å²) in [5.74, 6) is -0.386. The SMILES string of the molecule is CC/C=C/C/C=C/C/C=C/C/C=C/C/C=C/CCCCCC(=O)O[C@H](CO/C=C/CCCCCCCCCCCCCC)COP(=O)(O)OCCN. The topological polar surface area (TPSA) is 117 Å². The van der Waals surface area contributed by atoms with Gasteiger partial charge in [-0.2, -0.15) is 0 Å². The van der Waals surface area contributed by atoms with E-state index in [-0.39, 0.29) is 38.8 Å². The Hall–Kier alpha value is -2.22. The highest BCUT2D eigenvalue weighted by Gasteiger charge is 2.25. The summed E-state index contributed by atoms with van der Waals surface area (Å²) in [5, 5.41) is 0. The van der Waals surface area contributed by atoms with Gasteiger partial charge in [0.1, 0.15) is 6.61 Å². The molecule has 0 saturated carbocycles. The second-order valence-electron chi connectivity index (χ2n) is 13.2. The normalized spacial score (nSPS) is 14.2. The molecule has 0 amide bonds. The van der Waals surface area contributed by atoms with Crippen molar-refractivity contribution in [1.82, 2.24) is 0 Å². The summed E-state index contributed by atoms with van der Waals surface area (Å²) < 4.78 is 33.1. The van der Waals surface area contributed by atoms with Gasteiger partial charge in [0.05, 0.1) is 19.5 Å². The third-order valence-corrected chi connectivity index (χ3v) is 9.19. The number of hydrogen-bond acceptors (Lipinski definition) is 7. The standard InChI is InChI=1S/C43H76NO7P/c1-3-5-7-9-11-13-15-17-19-20-21-22-23-24-26-28-30-32-34-36-43(45)51-42(41-50-52(46,47)49-39-37-44)40-48-38-35-33-31-29-27-25-18-16-14-12-10-8-6-4-2/h5,7,11,13,17,19,21-22,24,26,35,38,42H,3-4,6,8-10,12,14-16,18,20,23,25,27-34,36-37,39-41,44H2,1-2H3,(H,46,47)/b7-5+,13-11+,19-17+,22-21+,26-24+,38-35+/t42-/m1/s1. The molecule has 3 N–H and O–H groups in total. The van der Waals surface area contributed by atoms with Crippen LogP contribution in [0.1, 0.15) is 162 Å². The molecule has 0 rings (SSSR count). The van der Waals surface area contributed by atoms with Crippen LogP contribution in [0.3, 0.4) is 0 Å². The molecule has 0 spiro atoms. The van der Waals surface area contributed by atoms with E-state index in [9.17, 15) is 14.3 Å². The zero-order valence-electron chi connectivity index (χ0n) is 33.0. The molecule has 8 nitrogen and oxygen atoms in total. The van der Waals surface area contributed by atoms with Crippen LogP contribution in [0.15, 0.2) is 73.1 Å². The van der Waals surface area contributed by atoms with Crippen molar-refractivity contribution in [2.24, 2.45) is 5.73 Å². The van der Waals surface area contributed by atoms with Gasteiger partial charge < -0.3 is 20.1 Å². The molecule has 52 heavy (non-hydrogen) atoms. The van der Waals surface area contributed by atoms with Crippen molar-refractivity contribution < 1.29 is 32.8 Å². The minimum atomic E-state index is -4.30. The molecule has 0 aromatic carbocycles. The molecule has 0 saturated heterocycles. The fourth-order valence-electron chi connectivity index (χ4n) is 5.22. The van der Waals surface area contributed by atoms with Crippen molar-refractivity contribution in [2.75, 3.05) is 26.4 Å². The molecule has 1 unspecified atom stereocenters. The van der Waals surface area contributed by atoms with E-state index in [2.05, 4.69) is 74.6 Å². The quantitative estimate of drug-likeness (QED) is 0.0211. The van der Waals surface area contributed by atoms with Crippen LogP contribution in [-0.2, 0) is 27.9 Å². The fraction of sp³-hybridized carbons (Fsp3) is 0.698. The number of carbonyl (C=O) groups is 1. The van der Waals surface area contributed by atoms with Gasteiger partial charge in [0.15, 0.2) is 6.10 Å². The molecular formula is C43H76NO7P. The zero-order valence-corrected chi connectivity index (χ0v) is 33.9. The monoisotopic (exact) mass is 750 g/mol. The molecule has 0 aliphatic carbocycles. The smallest absolute Gasteiger partial charge is 0.472 e. The van der Waals surface area contributed by atoms with Crippen LogP contribution in [0.4, 0.5) is 0 Å². The van der Waals surface area contributed by atoms with Crippen LogP contribution in [0.2, 0.25) is 0 Å². The molecule has 2 atom stereocenters. The molecule has 0 heterocycles. The Kier molecular flexibility index (Phi) is 38.3. The van der Waals surface area contributed by atoms with E-state index in [1.807, 2.05) is 6.08 Å². The second kappa shape index (κ2) is 40.0. The maximum Gasteiger partial charge on any atom is 0.472 e. The van der Waals surface area contributed by atoms with E-state index < -0.39 is 13.9 Å². The van der Waals surface area contributed by atoms with Crippen molar-refractivity contribution in [3.05, 3.63) is 73.1 Å². The van der Waals surface area contributed by atoms with Crippen LogP contribution < -0.4 is 5.73 Å². The third-order valence-electron chi connectivity index (χ3n) is 8.20. The summed E-state index contributed by atoms with van der Waals surface area (Å²) in [7, 11) is -4.30. The number of rotatable bonds is 38. The molecule has 0 bridgehead atoms. The molecule has 0 aromatic heterocycles. The average Bonchev–Trinajstić information content (AvgIpc) is 3.13. The maximum absolute atomic E-state index is 12.5. The van der Waals surface area contributed by atoms with E-state index >= 15 is 0 Å². The number of allylic oxidation sites excluding steroid dienone is 11. The first kappa shape index (κ1) is 49.8. The minimum Gasteiger partial charge on any atom is -0.498 e. The molecule has 0 radical (unpaired) electrons. The third kappa shape index (κ3) is 39.0.